The molecule has 0 unspecified atom stereocenters. The normalized spacial score (nSPS) is 10.7. The summed E-state index contributed by atoms with van der Waals surface area (Å²) in [6.07, 6.45) is 0. The molecule has 1 N–H and O–H groups in total. The summed E-state index contributed by atoms with van der Waals surface area (Å²) in [4.78, 5) is 24.4. The third kappa shape index (κ3) is 3.93. The summed E-state index contributed by atoms with van der Waals surface area (Å²) in [5.41, 5.74) is 0.393. The van der Waals surface area contributed by atoms with Crippen molar-refractivity contribution in [1.82, 2.24) is 19.7 Å². The summed E-state index contributed by atoms with van der Waals surface area (Å²) < 4.78 is 33.9. The lowest BCUT2D eigenvalue weighted by molar-refractivity contribution is 0.0951. The van der Waals surface area contributed by atoms with Gasteiger partial charge < -0.3 is 10.1 Å². The number of nitrogens with one attached hydrogen (secondary N) is 1. The molecule has 0 fully saturated rings. The van der Waals surface area contributed by atoms with Gasteiger partial charge in [0, 0.05) is 24.7 Å². The predicted octanol–water partition coefficient (Wildman–Crippen LogP) is 1.97. The molecule has 0 radical (unpaired) electrons. The van der Waals surface area contributed by atoms with E-state index in [1.54, 1.807) is 38.4 Å². The molecule has 2 aromatic carbocycles. The van der Waals surface area contributed by atoms with Gasteiger partial charge in [-0.25, -0.2) is 18.3 Å². The average molecular weight is 388 g/mol. The predicted molar refractivity (Wildman–Crippen MR) is 98.1 cm³/mol. The molecule has 9 heteroatoms. The second-order valence-electron chi connectivity index (χ2n) is 6.00. The topological polar surface area (TPSA) is 78.2 Å². The van der Waals surface area contributed by atoms with E-state index in [-0.39, 0.29) is 24.3 Å². The first-order valence-electron chi connectivity index (χ1n) is 8.42. The smallest absolute Gasteiger partial charge is 0.345 e. The highest BCUT2D eigenvalue weighted by Crippen LogP contribution is 2.19. The molecule has 7 nitrogen and oxygen atoms in total. The standard InChI is InChI=1S/C19H18F2N4O3/c1-24-17(12-3-6-14(28-2)7-4-12)23-25(19(24)27)10-9-22-18(26)13-5-8-15(20)16(21)11-13/h3-8,11H,9-10H2,1-2H3,(H,22,26). The largest absolute Gasteiger partial charge is 0.497 e. The Bertz CT molecular complexity index is 1060. The summed E-state index contributed by atoms with van der Waals surface area (Å²) >= 11 is 0. The minimum Gasteiger partial charge on any atom is -0.497 e. The summed E-state index contributed by atoms with van der Waals surface area (Å²) in [6.45, 7) is 0.217. The van der Waals surface area contributed by atoms with E-state index in [1.807, 2.05) is 0 Å². The second kappa shape index (κ2) is 8.03. The number of carbonyl (C=O) groups is 1. The molecule has 0 bridgehead atoms. The van der Waals surface area contributed by atoms with E-state index in [1.165, 1.54) is 15.3 Å². The van der Waals surface area contributed by atoms with Crippen LogP contribution in [-0.2, 0) is 13.6 Å². The van der Waals surface area contributed by atoms with E-state index in [0.29, 0.717) is 11.6 Å². The van der Waals surface area contributed by atoms with Crippen molar-refractivity contribution in [3.63, 3.8) is 0 Å². The average Bonchev–Trinajstić information content (AvgIpc) is 2.98. The van der Waals surface area contributed by atoms with Crippen molar-refractivity contribution in [3.05, 3.63) is 70.1 Å². The Balaban J connectivity index is 1.68. The molecule has 3 aromatic rings. The lowest BCUT2D eigenvalue weighted by Crippen LogP contribution is -2.31. The molecule has 1 aromatic heterocycles. The maximum absolute atomic E-state index is 13.2. The number of rotatable bonds is 6. The van der Waals surface area contributed by atoms with E-state index in [9.17, 15) is 18.4 Å². The van der Waals surface area contributed by atoms with Crippen LogP contribution in [0, 0.1) is 11.6 Å². The molecule has 0 aliphatic carbocycles. The molecular formula is C19H18F2N4O3. The molecular weight excluding hydrogens is 370 g/mol. The molecule has 1 heterocycles. The highest BCUT2D eigenvalue weighted by molar-refractivity contribution is 5.94. The fourth-order valence-electron chi connectivity index (χ4n) is 2.64. The van der Waals surface area contributed by atoms with Gasteiger partial charge in [0.25, 0.3) is 5.91 Å². The van der Waals surface area contributed by atoms with E-state index in [4.69, 9.17) is 4.74 Å². The minimum atomic E-state index is -1.10. The van der Waals surface area contributed by atoms with Crippen LogP contribution >= 0.6 is 0 Å². The SMILES string of the molecule is COc1ccc(-c2nn(CCNC(=O)c3ccc(F)c(F)c3)c(=O)n2C)cc1. The molecule has 3 rings (SSSR count). The van der Waals surface area contributed by atoms with E-state index in [2.05, 4.69) is 10.4 Å². The van der Waals surface area contributed by atoms with E-state index < -0.39 is 17.5 Å². The second-order valence-corrected chi connectivity index (χ2v) is 6.00. The Hall–Kier alpha value is -3.49. The Kier molecular flexibility index (Phi) is 5.53. The summed E-state index contributed by atoms with van der Waals surface area (Å²) in [6, 6.07) is 9.99. The lowest BCUT2D eigenvalue weighted by Gasteiger charge is -2.05. The number of methoxy groups -OCH3 is 1. The van der Waals surface area contributed by atoms with Gasteiger partial charge in [-0.3, -0.25) is 9.36 Å². The van der Waals surface area contributed by atoms with Crippen LogP contribution in [0.2, 0.25) is 0 Å². The number of carbonyl (C=O) groups excluding carboxylic acids is 1. The van der Waals surface area contributed by atoms with Crippen LogP contribution in [0.3, 0.4) is 0 Å². The van der Waals surface area contributed by atoms with Crippen LogP contribution in [0.15, 0.2) is 47.3 Å². The van der Waals surface area contributed by atoms with Gasteiger partial charge in [0.05, 0.1) is 13.7 Å². The molecule has 0 aliphatic heterocycles. The number of ether oxygens (including phenoxy) is 1. The van der Waals surface area contributed by atoms with Crippen molar-refractivity contribution >= 4 is 5.91 Å². The van der Waals surface area contributed by atoms with Crippen molar-refractivity contribution in [1.29, 1.82) is 0 Å². The maximum atomic E-state index is 13.2. The Morgan fingerprint density at radius 1 is 1.14 bits per heavy atom. The molecule has 146 valence electrons. The first-order valence-corrected chi connectivity index (χ1v) is 8.42. The van der Waals surface area contributed by atoms with Crippen LogP contribution in [0.5, 0.6) is 5.75 Å². The summed E-state index contributed by atoms with van der Waals surface area (Å²) in [5.74, 6) is -1.54. The van der Waals surface area contributed by atoms with Gasteiger partial charge in [-0.15, -0.1) is 5.10 Å². The van der Waals surface area contributed by atoms with Crippen LogP contribution in [-0.4, -0.2) is 33.9 Å². The van der Waals surface area contributed by atoms with Crippen molar-refractivity contribution in [2.75, 3.05) is 13.7 Å². The number of hydrogen-bond donors (Lipinski definition) is 1. The van der Waals surface area contributed by atoms with Crippen LogP contribution in [0.1, 0.15) is 10.4 Å². The van der Waals surface area contributed by atoms with Gasteiger partial charge in [0.1, 0.15) is 5.75 Å². The molecule has 1 amide bonds. The van der Waals surface area contributed by atoms with Crippen LogP contribution < -0.4 is 15.7 Å². The van der Waals surface area contributed by atoms with Gasteiger partial charge in [-0.2, -0.15) is 0 Å². The highest BCUT2D eigenvalue weighted by Gasteiger charge is 2.13. The van der Waals surface area contributed by atoms with Crippen LogP contribution in [0.25, 0.3) is 11.4 Å². The Morgan fingerprint density at radius 2 is 1.86 bits per heavy atom. The molecule has 0 saturated carbocycles. The molecule has 28 heavy (non-hydrogen) atoms. The van der Waals surface area contributed by atoms with E-state index in [0.717, 1.165) is 17.7 Å². The zero-order chi connectivity index (χ0) is 20.3. The fourth-order valence-corrected chi connectivity index (χ4v) is 2.64. The molecule has 0 aliphatic rings. The number of amides is 1. The zero-order valence-corrected chi connectivity index (χ0v) is 15.3. The van der Waals surface area contributed by atoms with Crippen molar-refractivity contribution in [2.45, 2.75) is 6.54 Å². The Labute approximate surface area is 159 Å². The van der Waals surface area contributed by atoms with Crippen molar-refractivity contribution in [3.8, 4) is 17.1 Å². The molecule has 0 atom stereocenters. The quantitative estimate of drug-likeness (QED) is 0.700. The lowest BCUT2D eigenvalue weighted by atomic mass is 10.2. The molecule has 0 saturated heterocycles. The van der Waals surface area contributed by atoms with Crippen LogP contribution in [0.4, 0.5) is 8.78 Å². The van der Waals surface area contributed by atoms with Gasteiger partial charge in [-0.05, 0) is 42.5 Å². The van der Waals surface area contributed by atoms with Gasteiger partial charge in [-0.1, -0.05) is 0 Å². The Morgan fingerprint density at radius 3 is 2.50 bits per heavy atom. The first kappa shape index (κ1) is 19.3. The minimum absolute atomic E-state index is 0.00816. The van der Waals surface area contributed by atoms with Crippen molar-refractivity contribution < 1.29 is 18.3 Å². The molecule has 0 spiro atoms. The summed E-state index contributed by atoms with van der Waals surface area (Å²) in [7, 11) is 3.17. The first-order chi connectivity index (χ1) is 13.4. The number of benzene rings is 2. The van der Waals surface area contributed by atoms with Gasteiger partial charge in [0.2, 0.25) is 0 Å². The van der Waals surface area contributed by atoms with E-state index >= 15 is 0 Å². The number of halogens is 2. The van der Waals surface area contributed by atoms with Gasteiger partial charge >= 0.3 is 5.69 Å². The zero-order valence-electron chi connectivity index (χ0n) is 15.3. The third-order valence-corrected chi connectivity index (χ3v) is 4.18. The maximum Gasteiger partial charge on any atom is 0.345 e. The van der Waals surface area contributed by atoms with Gasteiger partial charge in [0.15, 0.2) is 17.5 Å². The number of nitrogens with zero attached hydrogens (tertiary/aromatic N) is 3. The monoisotopic (exact) mass is 388 g/mol. The van der Waals surface area contributed by atoms with Crippen molar-refractivity contribution in [2.24, 2.45) is 7.05 Å². The highest BCUT2D eigenvalue weighted by atomic mass is 19.2. The fraction of sp³-hybridized carbons (Fsp3) is 0.211. The third-order valence-electron chi connectivity index (χ3n) is 4.18. The number of aromatic nitrogens is 3. The number of hydrogen-bond acceptors (Lipinski definition) is 4. The summed E-state index contributed by atoms with van der Waals surface area (Å²) in [5, 5.41) is 6.85.